The minimum Gasteiger partial charge on any atom is -0.336 e. The molecule has 1 amide bonds. The molecule has 28 heavy (non-hydrogen) atoms. The molecule has 0 aromatic carbocycles. The summed E-state index contributed by atoms with van der Waals surface area (Å²) in [5.74, 6) is -0.0760. The molecule has 0 N–H and O–H groups in total. The zero-order valence-corrected chi connectivity index (χ0v) is 18.4. The van der Waals surface area contributed by atoms with Gasteiger partial charge >= 0.3 is 0 Å². The zero-order valence-electron chi connectivity index (χ0n) is 16.7. The lowest BCUT2D eigenvalue weighted by Gasteiger charge is -2.39. The fourth-order valence-corrected chi connectivity index (χ4v) is 5.77. The summed E-state index contributed by atoms with van der Waals surface area (Å²) in [5, 5.41) is 1.06. The Morgan fingerprint density at radius 2 is 1.61 bits per heavy atom. The molecule has 3 heterocycles. The van der Waals surface area contributed by atoms with Crippen LogP contribution in [0.15, 0.2) is 23.4 Å². The summed E-state index contributed by atoms with van der Waals surface area (Å²) in [6.45, 7) is 8.10. The molecule has 0 bridgehead atoms. The van der Waals surface area contributed by atoms with Crippen molar-refractivity contribution in [3.63, 3.8) is 0 Å². The van der Waals surface area contributed by atoms with E-state index < -0.39 is 10.2 Å². The highest BCUT2D eigenvalue weighted by Gasteiger charge is 2.35. The van der Waals surface area contributed by atoms with Gasteiger partial charge in [0.2, 0.25) is 0 Å². The highest BCUT2D eigenvalue weighted by Crippen LogP contribution is 2.26. The van der Waals surface area contributed by atoms with Crippen molar-refractivity contribution < 1.29 is 13.2 Å². The molecule has 2 aliphatic heterocycles. The third-order valence-corrected chi connectivity index (χ3v) is 8.05. The molecular formula is C18H29N5O3S2. The second kappa shape index (κ2) is 9.08. The molecule has 2 saturated heterocycles. The van der Waals surface area contributed by atoms with Gasteiger partial charge in [0.1, 0.15) is 5.03 Å². The van der Waals surface area contributed by atoms with E-state index >= 15 is 0 Å². The van der Waals surface area contributed by atoms with Crippen molar-refractivity contribution in [3.8, 4) is 0 Å². The molecule has 0 saturated carbocycles. The van der Waals surface area contributed by atoms with E-state index in [9.17, 15) is 13.2 Å². The van der Waals surface area contributed by atoms with Crippen LogP contribution in [0.1, 0.15) is 24.2 Å². The number of thioether (sulfide) groups is 1. The first-order valence-electron chi connectivity index (χ1n) is 9.63. The average molecular weight is 428 g/mol. The molecule has 0 radical (unpaired) electrons. The Kier molecular flexibility index (Phi) is 6.98. The monoisotopic (exact) mass is 427 g/mol. The van der Waals surface area contributed by atoms with Crippen LogP contribution in [0.4, 0.5) is 0 Å². The maximum absolute atomic E-state index is 13.0. The van der Waals surface area contributed by atoms with Gasteiger partial charge in [0.25, 0.3) is 16.1 Å². The van der Waals surface area contributed by atoms with Crippen LogP contribution in [0.25, 0.3) is 0 Å². The van der Waals surface area contributed by atoms with Gasteiger partial charge in [-0.2, -0.15) is 17.0 Å². The Labute approximate surface area is 172 Å². The van der Waals surface area contributed by atoms with E-state index in [0.29, 0.717) is 50.1 Å². The molecule has 0 spiro atoms. The van der Waals surface area contributed by atoms with Crippen LogP contribution in [0.3, 0.4) is 0 Å². The third kappa shape index (κ3) is 4.85. The Bertz CT molecular complexity index is 786. The van der Waals surface area contributed by atoms with Gasteiger partial charge in [0.15, 0.2) is 0 Å². The van der Waals surface area contributed by atoms with Crippen LogP contribution in [0.5, 0.6) is 0 Å². The molecule has 0 unspecified atom stereocenters. The molecule has 8 nitrogen and oxygen atoms in total. The molecule has 3 rings (SSSR count). The van der Waals surface area contributed by atoms with Crippen molar-refractivity contribution in [2.75, 3.05) is 59.4 Å². The van der Waals surface area contributed by atoms with Crippen LogP contribution in [0.2, 0.25) is 0 Å². The Morgan fingerprint density at radius 1 is 1.04 bits per heavy atom. The second-order valence-electron chi connectivity index (χ2n) is 7.42. The van der Waals surface area contributed by atoms with Gasteiger partial charge in [0, 0.05) is 63.8 Å². The van der Waals surface area contributed by atoms with E-state index in [1.165, 1.54) is 4.31 Å². The van der Waals surface area contributed by atoms with Crippen molar-refractivity contribution in [1.82, 2.24) is 23.4 Å². The van der Waals surface area contributed by atoms with Gasteiger partial charge in [-0.1, -0.05) is 13.8 Å². The van der Waals surface area contributed by atoms with Crippen LogP contribution < -0.4 is 0 Å². The Morgan fingerprint density at radius 3 is 2.18 bits per heavy atom. The number of amides is 1. The van der Waals surface area contributed by atoms with E-state index in [1.807, 2.05) is 7.05 Å². The third-order valence-electron chi connectivity index (χ3n) is 4.99. The predicted molar refractivity (Wildman–Crippen MR) is 111 cm³/mol. The number of pyridine rings is 1. The first-order valence-corrected chi connectivity index (χ1v) is 11.9. The smallest absolute Gasteiger partial charge is 0.282 e. The molecular weight excluding hydrogens is 398 g/mol. The SMILES string of the molecule is CC(C)Sc1ncccc1C(=O)N1CCN(S(=O)(=O)N2CCN(C)CC2)CC1. The highest BCUT2D eigenvalue weighted by atomic mass is 32.2. The summed E-state index contributed by atoms with van der Waals surface area (Å²) in [6, 6.07) is 3.57. The number of nitrogens with zero attached hydrogens (tertiary/aromatic N) is 5. The fraction of sp³-hybridized carbons (Fsp3) is 0.667. The Hall–Kier alpha value is -1.20. The van der Waals surface area contributed by atoms with Gasteiger partial charge in [0.05, 0.1) is 5.56 Å². The summed E-state index contributed by atoms with van der Waals surface area (Å²) >= 11 is 1.57. The minimum absolute atomic E-state index is 0.0760. The van der Waals surface area contributed by atoms with Crippen molar-refractivity contribution in [3.05, 3.63) is 23.9 Å². The molecule has 0 atom stereocenters. The molecule has 2 fully saturated rings. The number of carbonyl (C=O) groups excluding carboxylic acids is 1. The van der Waals surface area contributed by atoms with Crippen LogP contribution in [0, 0.1) is 0 Å². The fourth-order valence-electron chi connectivity index (χ4n) is 3.35. The maximum atomic E-state index is 13.0. The predicted octanol–water partition coefficient (Wildman–Crippen LogP) is 0.832. The van der Waals surface area contributed by atoms with Gasteiger partial charge in [-0.05, 0) is 19.2 Å². The van der Waals surface area contributed by atoms with Crippen molar-refractivity contribution in [1.29, 1.82) is 0 Å². The van der Waals surface area contributed by atoms with Gasteiger partial charge in [-0.15, -0.1) is 11.8 Å². The molecule has 10 heteroatoms. The number of rotatable bonds is 5. The molecule has 0 aliphatic carbocycles. The van der Waals surface area contributed by atoms with Crippen LogP contribution in [-0.2, 0) is 10.2 Å². The number of aromatic nitrogens is 1. The summed E-state index contributed by atoms with van der Waals surface area (Å²) < 4.78 is 28.8. The molecule has 1 aromatic rings. The number of likely N-dealkylation sites (N-methyl/N-ethyl adjacent to an activating group) is 1. The minimum atomic E-state index is -3.46. The van der Waals surface area contributed by atoms with E-state index in [0.717, 1.165) is 18.1 Å². The lowest BCUT2D eigenvalue weighted by molar-refractivity contribution is 0.0688. The van der Waals surface area contributed by atoms with Crippen molar-refractivity contribution in [2.24, 2.45) is 0 Å². The van der Waals surface area contributed by atoms with Crippen LogP contribution in [-0.4, -0.2) is 102 Å². The van der Waals surface area contributed by atoms with Gasteiger partial charge in [-0.3, -0.25) is 4.79 Å². The van der Waals surface area contributed by atoms with Gasteiger partial charge < -0.3 is 9.80 Å². The lowest BCUT2D eigenvalue weighted by Crippen LogP contribution is -2.57. The van der Waals surface area contributed by atoms with E-state index in [-0.39, 0.29) is 5.91 Å². The summed E-state index contributed by atoms with van der Waals surface area (Å²) in [7, 11) is -1.46. The number of carbonyl (C=O) groups is 1. The molecule has 2 aliphatic rings. The number of hydrogen-bond acceptors (Lipinski definition) is 6. The number of hydrogen-bond donors (Lipinski definition) is 0. The van der Waals surface area contributed by atoms with E-state index in [2.05, 4.69) is 23.7 Å². The molecule has 156 valence electrons. The first kappa shape index (κ1) is 21.5. The number of piperazine rings is 2. The first-order chi connectivity index (χ1) is 13.3. The quantitative estimate of drug-likeness (QED) is 0.648. The lowest BCUT2D eigenvalue weighted by atomic mass is 10.2. The summed E-state index contributed by atoms with van der Waals surface area (Å²) in [4.78, 5) is 21.2. The average Bonchev–Trinajstić information content (AvgIpc) is 2.68. The van der Waals surface area contributed by atoms with Crippen molar-refractivity contribution in [2.45, 2.75) is 24.1 Å². The maximum Gasteiger partial charge on any atom is 0.282 e. The summed E-state index contributed by atoms with van der Waals surface area (Å²) in [6.07, 6.45) is 1.70. The normalized spacial score (nSPS) is 20.6. The standard InChI is InChI=1S/C18H29N5O3S2/c1-15(2)27-17-16(5-4-6-19-17)18(24)21-9-13-23(14-10-21)28(25,26)22-11-7-20(3)8-12-22/h4-6,15H,7-14H2,1-3H3. The molecule has 1 aromatic heterocycles. The summed E-state index contributed by atoms with van der Waals surface area (Å²) in [5.41, 5.74) is 0.594. The van der Waals surface area contributed by atoms with Gasteiger partial charge in [-0.25, -0.2) is 4.98 Å². The zero-order chi connectivity index (χ0) is 20.3. The van der Waals surface area contributed by atoms with Crippen LogP contribution >= 0.6 is 11.8 Å². The Balaban J connectivity index is 1.63. The second-order valence-corrected chi connectivity index (χ2v) is 10.9. The van der Waals surface area contributed by atoms with E-state index in [1.54, 1.807) is 39.3 Å². The largest absolute Gasteiger partial charge is 0.336 e. The topological polar surface area (TPSA) is 77.1 Å². The van der Waals surface area contributed by atoms with E-state index in [4.69, 9.17) is 0 Å². The van der Waals surface area contributed by atoms with Crippen molar-refractivity contribution >= 4 is 27.9 Å². The highest BCUT2D eigenvalue weighted by molar-refractivity contribution is 7.99.